The van der Waals surface area contributed by atoms with E-state index in [0.717, 1.165) is 44.5 Å². The van der Waals surface area contributed by atoms with Crippen molar-refractivity contribution in [1.29, 1.82) is 0 Å². The summed E-state index contributed by atoms with van der Waals surface area (Å²) in [5.41, 5.74) is -0.361. The SMILES string of the molecule is O=C(CC[C@@H]1CCCN(Cc2ncon2)C1)Nc1ccc(C(F)(F)F)cc1. The second-order valence-corrected chi connectivity index (χ2v) is 6.75. The zero-order valence-electron chi connectivity index (χ0n) is 14.7. The molecule has 6 nitrogen and oxygen atoms in total. The molecule has 1 aliphatic heterocycles. The van der Waals surface area contributed by atoms with E-state index in [1.165, 1.54) is 18.5 Å². The van der Waals surface area contributed by atoms with Crippen molar-refractivity contribution in [3.05, 3.63) is 42.0 Å². The average molecular weight is 382 g/mol. The predicted molar refractivity (Wildman–Crippen MR) is 91.6 cm³/mol. The van der Waals surface area contributed by atoms with E-state index in [4.69, 9.17) is 4.52 Å². The molecule has 1 aromatic heterocycles. The first-order valence-electron chi connectivity index (χ1n) is 8.85. The van der Waals surface area contributed by atoms with Crippen LogP contribution in [0.2, 0.25) is 0 Å². The number of rotatable bonds is 6. The molecule has 9 heteroatoms. The van der Waals surface area contributed by atoms with E-state index in [-0.39, 0.29) is 5.91 Å². The van der Waals surface area contributed by atoms with E-state index in [2.05, 4.69) is 20.4 Å². The maximum absolute atomic E-state index is 12.6. The molecule has 0 bridgehead atoms. The van der Waals surface area contributed by atoms with E-state index in [1.54, 1.807) is 0 Å². The third-order valence-corrected chi connectivity index (χ3v) is 4.65. The number of likely N-dealkylation sites (tertiary alicyclic amines) is 1. The van der Waals surface area contributed by atoms with E-state index in [9.17, 15) is 18.0 Å². The van der Waals surface area contributed by atoms with Crippen LogP contribution >= 0.6 is 0 Å². The smallest absolute Gasteiger partial charge is 0.343 e. The standard InChI is InChI=1S/C18H21F3N4O2/c19-18(20,21)14-4-6-15(7-5-14)23-17(26)8-3-13-2-1-9-25(10-13)11-16-22-12-27-24-16/h4-7,12-13H,1-3,8-11H2,(H,23,26)/t13-/m0/s1. The third-order valence-electron chi connectivity index (χ3n) is 4.65. The number of nitrogens with one attached hydrogen (secondary N) is 1. The summed E-state index contributed by atoms with van der Waals surface area (Å²) in [7, 11) is 0. The summed E-state index contributed by atoms with van der Waals surface area (Å²) in [6.45, 7) is 2.45. The largest absolute Gasteiger partial charge is 0.416 e. The fraction of sp³-hybridized carbons (Fsp3) is 0.500. The molecule has 27 heavy (non-hydrogen) atoms. The molecular weight excluding hydrogens is 361 g/mol. The number of halogens is 3. The third kappa shape index (κ3) is 5.78. The van der Waals surface area contributed by atoms with Gasteiger partial charge in [-0.15, -0.1) is 0 Å². The number of amides is 1. The first-order valence-corrected chi connectivity index (χ1v) is 8.85. The van der Waals surface area contributed by atoms with Crippen molar-refractivity contribution < 1.29 is 22.5 Å². The lowest BCUT2D eigenvalue weighted by atomic mass is 9.93. The van der Waals surface area contributed by atoms with Gasteiger partial charge in [0, 0.05) is 18.7 Å². The number of aromatic nitrogens is 2. The highest BCUT2D eigenvalue weighted by Gasteiger charge is 2.30. The van der Waals surface area contributed by atoms with Crippen LogP contribution in [0.15, 0.2) is 35.2 Å². The van der Waals surface area contributed by atoms with Gasteiger partial charge in [0.05, 0.1) is 12.1 Å². The first kappa shape index (κ1) is 19.3. The Morgan fingerprint density at radius 3 is 2.74 bits per heavy atom. The molecule has 1 aromatic carbocycles. The summed E-state index contributed by atoms with van der Waals surface area (Å²) in [5, 5.41) is 6.47. The van der Waals surface area contributed by atoms with Crippen LogP contribution in [-0.2, 0) is 17.5 Å². The van der Waals surface area contributed by atoms with Gasteiger partial charge in [-0.1, -0.05) is 5.16 Å². The summed E-state index contributed by atoms with van der Waals surface area (Å²) in [4.78, 5) is 18.4. The summed E-state index contributed by atoms with van der Waals surface area (Å²) in [6, 6.07) is 4.47. The molecule has 1 aliphatic rings. The van der Waals surface area contributed by atoms with Crippen LogP contribution in [0.5, 0.6) is 0 Å². The molecule has 0 radical (unpaired) electrons. The number of alkyl halides is 3. The molecule has 1 N–H and O–H groups in total. The molecule has 0 aliphatic carbocycles. The lowest BCUT2D eigenvalue weighted by Crippen LogP contribution is -2.35. The van der Waals surface area contributed by atoms with Crippen molar-refractivity contribution in [2.45, 2.75) is 38.4 Å². The number of hydrogen-bond donors (Lipinski definition) is 1. The van der Waals surface area contributed by atoms with Gasteiger partial charge in [-0.2, -0.15) is 18.2 Å². The second kappa shape index (κ2) is 8.51. The highest BCUT2D eigenvalue weighted by Crippen LogP contribution is 2.30. The van der Waals surface area contributed by atoms with E-state index >= 15 is 0 Å². The molecule has 0 unspecified atom stereocenters. The summed E-state index contributed by atoms with van der Waals surface area (Å²) < 4.78 is 42.4. The van der Waals surface area contributed by atoms with Crippen LogP contribution in [0.4, 0.5) is 18.9 Å². The van der Waals surface area contributed by atoms with E-state index < -0.39 is 11.7 Å². The minimum atomic E-state index is -4.38. The van der Waals surface area contributed by atoms with Gasteiger partial charge in [0.2, 0.25) is 12.3 Å². The van der Waals surface area contributed by atoms with Crippen LogP contribution in [0.25, 0.3) is 0 Å². The van der Waals surface area contributed by atoms with Gasteiger partial charge >= 0.3 is 6.18 Å². The highest BCUT2D eigenvalue weighted by atomic mass is 19.4. The molecule has 0 spiro atoms. The maximum Gasteiger partial charge on any atom is 0.416 e. The topological polar surface area (TPSA) is 71.3 Å². The average Bonchev–Trinajstić information content (AvgIpc) is 3.13. The van der Waals surface area contributed by atoms with Gasteiger partial charge in [0.1, 0.15) is 0 Å². The van der Waals surface area contributed by atoms with E-state index in [0.29, 0.717) is 30.4 Å². The van der Waals surface area contributed by atoms with Crippen molar-refractivity contribution in [3.8, 4) is 0 Å². The zero-order valence-corrected chi connectivity index (χ0v) is 14.7. The van der Waals surface area contributed by atoms with Crippen molar-refractivity contribution >= 4 is 11.6 Å². The lowest BCUT2D eigenvalue weighted by Gasteiger charge is -2.31. The molecule has 2 heterocycles. The predicted octanol–water partition coefficient (Wildman–Crippen LogP) is 3.72. The zero-order chi connectivity index (χ0) is 19.3. The van der Waals surface area contributed by atoms with Crippen LogP contribution in [0.1, 0.15) is 37.1 Å². The molecule has 2 aromatic rings. The summed E-state index contributed by atoms with van der Waals surface area (Å²) in [5.74, 6) is 0.852. The van der Waals surface area contributed by atoms with Crippen molar-refractivity contribution in [1.82, 2.24) is 15.0 Å². The Hall–Kier alpha value is -2.42. The van der Waals surface area contributed by atoms with Gasteiger partial charge in [-0.25, -0.2) is 0 Å². The van der Waals surface area contributed by atoms with Gasteiger partial charge in [0.15, 0.2) is 5.82 Å². The lowest BCUT2D eigenvalue weighted by molar-refractivity contribution is -0.137. The van der Waals surface area contributed by atoms with Crippen LogP contribution < -0.4 is 5.32 Å². The maximum atomic E-state index is 12.6. The number of hydrogen-bond acceptors (Lipinski definition) is 5. The normalized spacial score (nSPS) is 18.4. The molecule has 1 saturated heterocycles. The highest BCUT2D eigenvalue weighted by molar-refractivity contribution is 5.90. The Kier molecular flexibility index (Phi) is 6.10. The first-order chi connectivity index (χ1) is 12.9. The molecule has 1 fully saturated rings. The number of anilines is 1. The van der Waals surface area contributed by atoms with Crippen LogP contribution in [0, 0.1) is 5.92 Å². The number of carbonyl (C=O) groups excluding carboxylic acids is 1. The monoisotopic (exact) mass is 382 g/mol. The molecule has 3 rings (SSSR count). The fourth-order valence-corrected chi connectivity index (χ4v) is 3.29. The molecule has 1 amide bonds. The number of carbonyl (C=O) groups is 1. The Labute approximate surface area is 154 Å². The van der Waals surface area contributed by atoms with Crippen molar-refractivity contribution in [3.63, 3.8) is 0 Å². The number of nitrogens with zero attached hydrogens (tertiary/aromatic N) is 3. The Morgan fingerprint density at radius 2 is 2.07 bits per heavy atom. The number of piperidine rings is 1. The Balaban J connectivity index is 1.43. The van der Waals surface area contributed by atoms with Gasteiger partial charge < -0.3 is 9.84 Å². The summed E-state index contributed by atoms with van der Waals surface area (Å²) in [6.07, 6.45) is 0.0928. The van der Waals surface area contributed by atoms with Crippen molar-refractivity contribution in [2.24, 2.45) is 5.92 Å². The van der Waals surface area contributed by atoms with Gasteiger partial charge in [0.25, 0.3) is 0 Å². The van der Waals surface area contributed by atoms with Gasteiger partial charge in [-0.3, -0.25) is 9.69 Å². The molecule has 0 saturated carbocycles. The quantitative estimate of drug-likeness (QED) is 0.825. The Bertz CT molecular complexity index is 732. The number of benzene rings is 1. The fourth-order valence-electron chi connectivity index (χ4n) is 3.29. The van der Waals surface area contributed by atoms with E-state index in [1.807, 2.05) is 0 Å². The van der Waals surface area contributed by atoms with Crippen LogP contribution in [-0.4, -0.2) is 34.0 Å². The minimum Gasteiger partial charge on any atom is -0.343 e. The Morgan fingerprint density at radius 1 is 1.30 bits per heavy atom. The van der Waals surface area contributed by atoms with Gasteiger partial charge in [-0.05, 0) is 56.0 Å². The molecule has 146 valence electrons. The molecular formula is C18H21F3N4O2. The summed E-state index contributed by atoms with van der Waals surface area (Å²) >= 11 is 0. The molecule has 1 atom stereocenters. The minimum absolute atomic E-state index is 0.190. The van der Waals surface area contributed by atoms with Crippen molar-refractivity contribution in [2.75, 3.05) is 18.4 Å². The van der Waals surface area contributed by atoms with Crippen LogP contribution in [0.3, 0.4) is 0 Å². The second-order valence-electron chi connectivity index (χ2n) is 6.75.